The summed E-state index contributed by atoms with van der Waals surface area (Å²) in [6, 6.07) is 0. The first-order chi connectivity index (χ1) is 9.58. The van der Waals surface area contributed by atoms with Crippen LogP contribution in [0.4, 0.5) is 0 Å². The molecule has 0 aromatic carbocycles. The van der Waals surface area contributed by atoms with Crippen LogP contribution in [0.3, 0.4) is 0 Å². The summed E-state index contributed by atoms with van der Waals surface area (Å²) in [6.07, 6.45) is 7.72. The van der Waals surface area contributed by atoms with Crippen molar-refractivity contribution in [3.05, 3.63) is 0 Å². The van der Waals surface area contributed by atoms with Gasteiger partial charge in [-0.3, -0.25) is 4.79 Å². The lowest BCUT2D eigenvalue weighted by molar-refractivity contribution is -0.138. The highest BCUT2D eigenvalue weighted by atomic mass is 16.4. The van der Waals surface area contributed by atoms with Crippen LogP contribution in [0, 0.1) is 17.8 Å². The maximum Gasteiger partial charge on any atom is 0.303 e. The van der Waals surface area contributed by atoms with E-state index in [0.29, 0.717) is 12.3 Å². The van der Waals surface area contributed by atoms with Crippen LogP contribution in [-0.2, 0) is 4.79 Å². The van der Waals surface area contributed by atoms with Crippen molar-refractivity contribution in [2.75, 3.05) is 14.1 Å². The van der Waals surface area contributed by atoms with Gasteiger partial charge >= 0.3 is 5.97 Å². The molecule has 2 N–H and O–H groups in total. The number of carboxylic acids is 1. The van der Waals surface area contributed by atoms with E-state index in [1.165, 1.54) is 25.7 Å². The smallest absolute Gasteiger partial charge is 0.303 e. The first-order valence-electron chi connectivity index (χ1n) is 8.39. The Kier molecular flexibility index (Phi) is 16.1. The molecule has 0 aromatic heterocycles. The van der Waals surface area contributed by atoms with Crippen molar-refractivity contribution < 1.29 is 9.90 Å². The normalized spacial score (nSPS) is 21.4. The predicted octanol–water partition coefficient (Wildman–Crippen LogP) is 4.57. The Hall–Kier alpha value is -0.570. The number of carboxylic acid groups (broad SMARTS) is 1. The molecule has 0 radical (unpaired) electrons. The summed E-state index contributed by atoms with van der Waals surface area (Å²) in [5.74, 6) is 1.44. The molecule has 3 nitrogen and oxygen atoms in total. The molecule has 0 saturated heterocycles. The van der Waals surface area contributed by atoms with Crippen LogP contribution in [0.5, 0.6) is 0 Å². The molecule has 0 aromatic rings. The molecule has 2 unspecified atom stereocenters. The molecule has 0 bridgehead atoms. The standard InChI is InChI=1S/C13H24O2.C2H7N.C2H6/c1-3-11(4-2)12-7-5-6-10(8-12)9-13(14)15;1-3-2;1-2/h10-12H,3-9H2,1-2H3,(H,14,15);3H,1-2H3;1-2H3. The van der Waals surface area contributed by atoms with Crippen LogP contribution in [0.1, 0.15) is 72.6 Å². The summed E-state index contributed by atoms with van der Waals surface area (Å²) < 4.78 is 0. The van der Waals surface area contributed by atoms with Crippen LogP contribution < -0.4 is 5.32 Å². The van der Waals surface area contributed by atoms with Gasteiger partial charge in [0.25, 0.3) is 0 Å². The molecule has 2 atom stereocenters. The van der Waals surface area contributed by atoms with Crippen molar-refractivity contribution >= 4 is 5.97 Å². The number of carbonyl (C=O) groups is 1. The van der Waals surface area contributed by atoms with Gasteiger partial charge in [-0.25, -0.2) is 0 Å². The SMILES string of the molecule is CC.CCC(CC)C1CCCC(CC(=O)O)C1.CNC. The molecule has 20 heavy (non-hydrogen) atoms. The molecule has 122 valence electrons. The Bertz CT molecular complexity index is 215. The summed E-state index contributed by atoms with van der Waals surface area (Å²) in [5, 5.41) is 11.6. The molecule has 1 rings (SSSR count). The van der Waals surface area contributed by atoms with Crippen LogP contribution in [0.15, 0.2) is 0 Å². The maximum atomic E-state index is 10.7. The fourth-order valence-electron chi connectivity index (χ4n) is 3.15. The number of aliphatic carboxylic acids is 1. The van der Waals surface area contributed by atoms with E-state index in [1.54, 1.807) is 0 Å². The van der Waals surface area contributed by atoms with Crippen molar-refractivity contribution in [1.29, 1.82) is 0 Å². The maximum absolute atomic E-state index is 10.7. The molecule has 0 spiro atoms. The Balaban J connectivity index is 0. The largest absolute Gasteiger partial charge is 0.481 e. The van der Waals surface area contributed by atoms with Gasteiger partial charge in [-0.05, 0) is 44.7 Å². The van der Waals surface area contributed by atoms with Crippen molar-refractivity contribution in [3.63, 3.8) is 0 Å². The number of nitrogens with one attached hydrogen (secondary N) is 1. The third-order valence-electron chi connectivity index (χ3n) is 4.00. The van der Waals surface area contributed by atoms with Gasteiger partial charge in [0.1, 0.15) is 0 Å². The van der Waals surface area contributed by atoms with Crippen LogP contribution in [-0.4, -0.2) is 25.2 Å². The molecule has 3 heteroatoms. The van der Waals surface area contributed by atoms with Gasteiger partial charge in [-0.15, -0.1) is 0 Å². The predicted molar refractivity (Wildman–Crippen MR) is 88.1 cm³/mol. The molecule has 0 amide bonds. The van der Waals surface area contributed by atoms with E-state index in [-0.39, 0.29) is 0 Å². The van der Waals surface area contributed by atoms with E-state index in [1.807, 2.05) is 27.9 Å². The molecule has 1 fully saturated rings. The zero-order chi connectivity index (χ0) is 16.0. The third-order valence-corrected chi connectivity index (χ3v) is 4.00. The second-order valence-electron chi connectivity index (χ2n) is 5.47. The molecule has 1 aliphatic rings. The molecule has 1 saturated carbocycles. The summed E-state index contributed by atoms with van der Waals surface area (Å²) in [7, 11) is 3.75. The van der Waals surface area contributed by atoms with Crippen molar-refractivity contribution in [3.8, 4) is 0 Å². The van der Waals surface area contributed by atoms with Crippen LogP contribution in [0.2, 0.25) is 0 Å². The van der Waals surface area contributed by atoms with Gasteiger partial charge in [-0.2, -0.15) is 0 Å². The zero-order valence-corrected chi connectivity index (χ0v) is 14.5. The average Bonchev–Trinajstić information content (AvgIpc) is 2.43. The van der Waals surface area contributed by atoms with E-state index in [0.717, 1.165) is 24.7 Å². The van der Waals surface area contributed by atoms with E-state index in [9.17, 15) is 4.79 Å². The van der Waals surface area contributed by atoms with Gasteiger partial charge < -0.3 is 10.4 Å². The van der Waals surface area contributed by atoms with Gasteiger partial charge in [0, 0.05) is 6.42 Å². The lowest BCUT2D eigenvalue weighted by atomic mass is 9.72. The summed E-state index contributed by atoms with van der Waals surface area (Å²) in [6.45, 7) is 8.52. The summed E-state index contributed by atoms with van der Waals surface area (Å²) in [4.78, 5) is 10.7. The second kappa shape index (κ2) is 14.8. The minimum Gasteiger partial charge on any atom is -0.481 e. The van der Waals surface area contributed by atoms with Gasteiger partial charge in [0.05, 0.1) is 0 Å². The first-order valence-corrected chi connectivity index (χ1v) is 8.39. The van der Waals surface area contributed by atoms with E-state index in [2.05, 4.69) is 19.2 Å². The highest BCUT2D eigenvalue weighted by Crippen LogP contribution is 2.37. The minimum atomic E-state index is -0.620. The number of rotatable bonds is 5. The van der Waals surface area contributed by atoms with Crippen molar-refractivity contribution in [2.45, 2.75) is 72.6 Å². The topological polar surface area (TPSA) is 49.3 Å². The molecular weight excluding hydrogens is 250 g/mol. The molecule has 0 aliphatic heterocycles. The first kappa shape index (κ1) is 21.7. The Morgan fingerprint density at radius 2 is 1.70 bits per heavy atom. The molecule has 0 heterocycles. The molecular formula is C17H37NO2. The van der Waals surface area contributed by atoms with E-state index < -0.39 is 5.97 Å². The quantitative estimate of drug-likeness (QED) is 0.779. The number of hydrogen-bond donors (Lipinski definition) is 2. The van der Waals surface area contributed by atoms with Crippen LogP contribution >= 0.6 is 0 Å². The summed E-state index contributed by atoms with van der Waals surface area (Å²) >= 11 is 0. The van der Waals surface area contributed by atoms with Crippen molar-refractivity contribution in [1.82, 2.24) is 5.32 Å². The van der Waals surface area contributed by atoms with E-state index >= 15 is 0 Å². The Morgan fingerprint density at radius 3 is 2.10 bits per heavy atom. The number of hydrogen-bond acceptors (Lipinski definition) is 2. The monoisotopic (exact) mass is 287 g/mol. The van der Waals surface area contributed by atoms with Gasteiger partial charge in [0.2, 0.25) is 0 Å². The average molecular weight is 287 g/mol. The summed E-state index contributed by atoms with van der Waals surface area (Å²) in [5.41, 5.74) is 0. The Morgan fingerprint density at radius 1 is 1.20 bits per heavy atom. The zero-order valence-electron chi connectivity index (χ0n) is 14.5. The minimum absolute atomic E-state index is 0.386. The highest BCUT2D eigenvalue weighted by Gasteiger charge is 2.27. The highest BCUT2D eigenvalue weighted by molar-refractivity contribution is 5.67. The van der Waals surface area contributed by atoms with Gasteiger partial charge in [0.15, 0.2) is 0 Å². The van der Waals surface area contributed by atoms with E-state index in [4.69, 9.17) is 5.11 Å². The van der Waals surface area contributed by atoms with Crippen molar-refractivity contribution in [2.24, 2.45) is 17.8 Å². The lowest BCUT2D eigenvalue weighted by Gasteiger charge is -2.33. The van der Waals surface area contributed by atoms with Gasteiger partial charge in [-0.1, -0.05) is 53.4 Å². The third kappa shape index (κ3) is 10.2. The molecule has 1 aliphatic carbocycles. The second-order valence-corrected chi connectivity index (χ2v) is 5.47. The van der Waals surface area contributed by atoms with Crippen LogP contribution in [0.25, 0.3) is 0 Å². The lowest BCUT2D eigenvalue weighted by Crippen LogP contribution is -2.23. The fourth-order valence-corrected chi connectivity index (χ4v) is 3.15. The Labute approximate surface area is 126 Å². The fraction of sp³-hybridized carbons (Fsp3) is 0.941.